The third-order valence-electron chi connectivity index (χ3n) is 4.90. The van der Waals surface area contributed by atoms with Crippen molar-refractivity contribution in [3.05, 3.63) is 22.4 Å². The van der Waals surface area contributed by atoms with E-state index in [4.69, 9.17) is 5.73 Å². The molecule has 1 aromatic rings. The van der Waals surface area contributed by atoms with E-state index in [-0.39, 0.29) is 24.3 Å². The first-order valence-corrected chi connectivity index (χ1v) is 9.80. The van der Waals surface area contributed by atoms with E-state index in [0.29, 0.717) is 26.2 Å². The van der Waals surface area contributed by atoms with Gasteiger partial charge in [-0.3, -0.25) is 9.59 Å². The van der Waals surface area contributed by atoms with E-state index in [1.165, 1.54) is 11.3 Å². The smallest absolute Gasteiger partial charge is 0.312 e. The average Bonchev–Trinajstić information content (AvgIpc) is 3.16. The second-order valence-corrected chi connectivity index (χ2v) is 7.66. The predicted molar refractivity (Wildman–Crippen MR) is 98.6 cm³/mol. The van der Waals surface area contributed by atoms with Crippen LogP contribution in [-0.2, 0) is 9.59 Å². The van der Waals surface area contributed by atoms with Crippen molar-refractivity contribution in [2.45, 2.75) is 31.3 Å². The Balaban J connectivity index is 1.62. The zero-order chi connectivity index (χ0) is 18.5. The van der Waals surface area contributed by atoms with Crippen LogP contribution in [-0.4, -0.2) is 66.4 Å². The molecule has 2 unspecified atom stereocenters. The van der Waals surface area contributed by atoms with Crippen LogP contribution in [0.4, 0.5) is 4.79 Å². The summed E-state index contributed by atoms with van der Waals surface area (Å²) < 4.78 is 0. The van der Waals surface area contributed by atoms with Gasteiger partial charge in [0.15, 0.2) is 0 Å². The molecule has 0 spiro atoms. The summed E-state index contributed by atoms with van der Waals surface area (Å²) in [5.41, 5.74) is 5.27. The van der Waals surface area contributed by atoms with Crippen LogP contribution in [0.3, 0.4) is 0 Å². The Morgan fingerprint density at radius 1 is 1.42 bits per heavy atom. The van der Waals surface area contributed by atoms with E-state index in [2.05, 4.69) is 10.6 Å². The topological polar surface area (TPSA) is 108 Å². The molecule has 2 fully saturated rings. The summed E-state index contributed by atoms with van der Waals surface area (Å²) in [6.07, 6.45) is 1.97. The number of thiophene rings is 1. The highest BCUT2D eigenvalue weighted by Gasteiger charge is 2.32. The van der Waals surface area contributed by atoms with Crippen molar-refractivity contribution in [2.24, 2.45) is 5.73 Å². The molecule has 0 aromatic carbocycles. The number of likely N-dealkylation sites (tertiary alicyclic amines) is 1. The first kappa shape index (κ1) is 18.7. The highest BCUT2D eigenvalue weighted by Crippen LogP contribution is 2.24. The van der Waals surface area contributed by atoms with Crippen LogP contribution < -0.4 is 16.4 Å². The van der Waals surface area contributed by atoms with Gasteiger partial charge in [-0.2, -0.15) is 0 Å². The van der Waals surface area contributed by atoms with Gasteiger partial charge in [-0.1, -0.05) is 6.07 Å². The van der Waals surface area contributed by atoms with Gasteiger partial charge in [0, 0.05) is 37.1 Å². The van der Waals surface area contributed by atoms with Crippen molar-refractivity contribution in [2.75, 3.05) is 32.7 Å². The van der Waals surface area contributed by atoms with Crippen LogP contribution in [0.5, 0.6) is 0 Å². The van der Waals surface area contributed by atoms with Gasteiger partial charge in [0.25, 0.3) is 0 Å². The normalized spacial score (nSPS) is 22.2. The molecule has 4 amide bonds. The van der Waals surface area contributed by atoms with Crippen LogP contribution in [0, 0.1) is 0 Å². The Morgan fingerprint density at radius 3 is 2.96 bits per heavy atom. The largest absolute Gasteiger partial charge is 0.352 e. The summed E-state index contributed by atoms with van der Waals surface area (Å²) in [7, 11) is 0. The lowest BCUT2D eigenvalue weighted by atomic mass is 10.0. The van der Waals surface area contributed by atoms with Crippen LogP contribution in [0.1, 0.15) is 30.2 Å². The summed E-state index contributed by atoms with van der Waals surface area (Å²) in [5, 5.41) is 7.64. The van der Waals surface area contributed by atoms with E-state index in [0.717, 1.165) is 24.3 Å². The first-order valence-electron chi connectivity index (χ1n) is 8.92. The molecule has 3 heterocycles. The molecule has 0 aliphatic carbocycles. The highest BCUT2D eigenvalue weighted by atomic mass is 32.1. The molecule has 26 heavy (non-hydrogen) atoms. The van der Waals surface area contributed by atoms with E-state index in [9.17, 15) is 14.4 Å². The molecule has 0 bridgehead atoms. The molecule has 0 radical (unpaired) electrons. The van der Waals surface area contributed by atoms with Gasteiger partial charge in [0.1, 0.15) is 0 Å². The highest BCUT2D eigenvalue weighted by molar-refractivity contribution is 7.10. The Hall–Kier alpha value is -2.13. The molecular weight excluding hydrogens is 354 g/mol. The van der Waals surface area contributed by atoms with Crippen molar-refractivity contribution >= 4 is 29.2 Å². The van der Waals surface area contributed by atoms with Crippen molar-refractivity contribution in [3.63, 3.8) is 0 Å². The number of carbonyl (C=O) groups excluding carboxylic acids is 3. The average molecular weight is 379 g/mol. The molecule has 0 saturated carbocycles. The van der Waals surface area contributed by atoms with Gasteiger partial charge in [-0.05, 0) is 24.3 Å². The molecule has 2 saturated heterocycles. The van der Waals surface area contributed by atoms with Crippen molar-refractivity contribution in [3.8, 4) is 0 Å². The van der Waals surface area contributed by atoms with E-state index in [1.807, 2.05) is 27.3 Å². The number of primary amides is 1. The molecule has 2 aliphatic heterocycles. The van der Waals surface area contributed by atoms with Crippen molar-refractivity contribution in [1.82, 2.24) is 20.4 Å². The van der Waals surface area contributed by atoms with E-state index >= 15 is 0 Å². The van der Waals surface area contributed by atoms with Gasteiger partial charge in [-0.25, -0.2) is 4.79 Å². The minimum atomic E-state index is -0.640. The fourth-order valence-electron chi connectivity index (χ4n) is 3.63. The van der Waals surface area contributed by atoms with Gasteiger partial charge < -0.3 is 26.2 Å². The van der Waals surface area contributed by atoms with Crippen molar-refractivity contribution < 1.29 is 14.4 Å². The Morgan fingerprint density at radius 2 is 2.27 bits per heavy atom. The second kappa shape index (κ2) is 8.50. The Bertz CT molecular complexity index is 651. The molecule has 3 rings (SSSR count). The standard InChI is InChI=1S/C17H25N5O3S/c18-17(25)20-13(14-4-2-8-26-14)9-15(23)21-6-1-3-12(11-21)22-7-5-19-10-16(22)24/h2,4,8,12-13,19H,1,3,5-7,9-11H2,(H3,18,20,25). The molecule has 2 aliphatic rings. The maximum Gasteiger partial charge on any atom is 0.312 e. The number of nitrogens with two attached hydrogens (primary N) is 1. The number of urea groups is 1. The van der Waals surface area contributed by atoms with Gasteiger partial charge in [-0.15, -0.1) is 11.3 Å². The van der Waals surface area contributed by atoms with Crippen LogP contribution in [0.2, 0.25) is 0 Å². The molecule has 142 valence electrons. The number of piperidine rings is 1. The number of amides is 4. The minimum Gasteiger partial charge on any atom is -0.352 e. The number of rotatable bonds is 5. The number of hydrogen-bond donors (Lipinski definition) is 3. The third-order valence-corrected chi connectivity index (χ3v) is 5.88. The van der Waals surface area contributed by atoms with E-state index < -0.39 is 12.1 Å². The van der Waals surface area contributed by atoms with Gasteiger partial charge in [0.05, 0.1) is 19.0 Å². The third kappa shape index (κ3) is 4.53. The fraction of sp³-hybridized carbons (Fsp3) is 0.588. The van der Waals surface area contributed by atoms with Crippen molar-refractivity contribution in [1.29, 1.82) is 0 Å². The van der Waals surface area contributed by atoms with Gasteiger partial charge in [0.2, 0.25) is 11.8 Å². The molecule has 8 nitrogen and oxygen atoms in total. The van der Waals surface area contributed by atoms with Crippen LogP contribution in [0.25, 0.3) is 0 Å². The summed E-state index contributed by atoms with van der Waals surface area (Å²) in [6, 6.07) is 2.79. The van der Waals surface area contributed by atoms with Crippen LogP contribution in [0.15, 0.2) is 17.5 Å². The Kier molecular flexibility index (Phi) is 6.10. The first-order chi connectivity index (χ1) is 12.5. The number of carbonyl (C=O) groups is 3. The van der Waals surface area contributed by atoms with Crippen LogP contribution >= 0.6 is 11.3 Å². The zero-order valence-corrected chi connectivity index (χ0v) is 15.5. The fourth-order valence-corrected chi connectivity index (χ4v) is 4.41. The lowest BCUT2D eigenvalue weighted by Crippen LogP contribution is -2.57. The number of piperazine rings is 1. The summed E-state index contributed by atoms with van der Waals surface area (Å²) in [6.45, 7) is 3.08. The summed E-state index contributed by atoms with van der Waals surface area (Å²) in [5.74, 6) is 0.0758. The maximum absolute atomic E-state index is 12.8. The predicted octanol–water partition coefficient (Wildman–Crippen LogP) is 0.270. The zero-order valence-electron chi connectivity index (χ0n) is 14.6. The monoisotopic (exact) mass is 379 g/mol. The van der Waals surface area contributed by atoms with E-state index in [1.54, 1.807) is 0 Å². The Labute approximate surface area is 156 Å². The lowest BCUT2D eigenvalue weighted by molar-refractivity contribution is -0.140. The molecule has 2 atom stereocenters. The quantitative estimate of drug-likeness (QED) is 0.682. The summed E-state index contributed by atoms with van der Waals surface area (Å²) in [4.78, 5) is 40.9. The number of hydrogen-bond acceptors (Lipinski definition) is 5. The number of nitrogens with one attached hydrogen (secondary N) is 2. The number of nitrogens with zero attached hydrogens (tertiary/aromatic N) is 2. The second-order valence-electron chi connectivity index (χ2n) is 6.68. The maximum atomic E-state index is 12.8. The SMILES string of the molecule is NC(=O)NC(CC(=O)N1CCCC(N2CCNCC2=O)C1)c1cccs1. The molecule has 9 heteroatoms. The summed E-state index contributed by atoms with van der Waals surface area (Å²) >= 11 is 1.48. The molecule has 4 N–H and O–H groups in total. The molecule has 1 aromatic heterocycles. The van der Waals surface area contributed by atoms with Gasteiger partial charge >= 0.3 is 6.03 Å². The minimum absolute atomic E-state index is 0.0237. The molecular formula is C17H25N5O3S. The lowest BCUT2D eigenvalue weighted by Gasteiger charge is -2.41.